The van der Waals surface area contributed by atoms with Gasteiger partial charge in [-0.3, -0.25) is 9.59 Å². The Morgan fingerprint density at radius 2 is 1.94 bits per heavy atom. The molecule has 0 unspecified atom stereocenters. The summed E-state index contributed by atoms with van der Waals surface area (Å²) in [5.41, 5.74) is 1.59. The summed E-state index contributed by atoms with van der Waals surface area (Å²) in [5.74, 6) is -0.581. The van der Waals surface area contributed by atoms with Crippen molar-refractivity contribution in [2.24, 2.45) is 5.41 Å². The van der Waals surface area contributed by atoms with Gasteiger partial charge in [0.25, 0.3) is 5.91 Å². The van der Waals surface area contributed by atoms with Crippen molar-refractivity contribution < 1.29 is 18.7 Å². The lowest BCUT2D eigenvalue weighted by molar-refractivity contribution is -0.183. The maximum Gasteiger partial charge on any atom is 0.258 e. The van der Waals surface area contributed by atoms with E-state index in [2.05, 4.69) is 21.7 Å². The molecular formula is C24H23ClFN3O3. The van der Waals surface area contributed by atoms with Crippen LogP contribution in [0.2, 0.25) is 5.02 Å². The van der Waals surface area contributed by atoms with Gasteiger partial charge in [0.2, 0.25) is 5.91 Å². The van der Waals surface area contributed by atoms with E-state index in [0.29, 0.717) is 25.8 Å². The number of carbonyl (C=O) groups is 2. The number of para-hydroxylation sites is 1. The van der Waals surface area contributed by atoms with Crippen LogP contribution < -0.4 is 15.4 Å². The van der Waals surface area contributed by atoms with Gasteiger partial charge in [-0.25, -0.2) is 4.39 Å². The fourth-order valence-electron chi connectivity index (χ4n) is 5.05. The Hall–Kier alpha value is -3.06. The molecule has 3 aliphatic rings. The first kappa shape index (κ1) is 20.8. The normalized spacial score (nSPS) is 23.2. The van der Waals surface area contributed by atoms with Gasteiger partial charge in [0.1, 0.15) is 11.6 Å². The number of carbonyl (C=O) groups excluding carboxylic acids is 2. The van der Waals surface area contributed by atoms with Gasteiger partial charge < -0.3 is 20.4 Å². The molecule has 6 rings (SSSR count). The van der Waals surface area contributed by atoms with Gasteiger partial charge in [0.15, 0.2) is 6.61 Å². The van der Waals surface area contributed by atoms with E-state index in [1.165, 1.54) is 23.1 Å². The SMILES string of the molecule is O=C(COc1ccc(Cl)c(F)c1)NC12CC(C(=O)NCCc3c[nH]c4ccccc34)(C1)C2. The number of aromatic amines is 1. The third kappa shape index (κ3) is 3.71. The van der Waals surface area contributed by atoms with Crippen LogP contribution in [-0.2, 0) is 16.0 Å². The molecule has 0 aliphatic heterocycles. The van der Waals surface area contributed by atoms with Crippen LogP contribution in [0.4, 0.5) is 4.39 Å². The molecule has 0 spiro atoms. The van der Waals surface area contributed by atoms with Gasteiger partial charge in [-0.05, 0) is 49.4 Å². The smallest absolute Gasteiger partial charge is 0.258 e. The lowest BCUT2D eigenvalue weighted by Gasteiger charge is -2.69. The monoisotopic (exact) mass is 455 g/mol. The van der Waals surface area contributed by atoms with Gasteiger partial charge >= 0.3 is 0 Å². The summed E-state index contributed by atoms with van der Waals surface area (Å²) in [6, 6.07) is 12.1. The van der Waals surface area contributed by atoms with Crippen molar-refractivity contribution in [2.45, 2.75) is 31.2 Å². The number of nitrogens with one attached hydrogen (secondary N) is 3. The van der Waals surface area contributed by atoms with Gasteiger partial charge in [0, 0.05) is 35.2 Å². The molecule has 3 aliphatic carbocycles. The molecule has 0 atom stereocenters. The second kappa shape index (κ2) is 7.81. The van der Waals surface area contributed by atoms with Crippen LogP contribution in [0, 0.1) is 11.2 Å². The summed E-state index contributed by atoms with van der Waals surface area (Å²) >= 11 is 5.64. The average molecular weight is 456 g/mol. The fourth-order valence-corrected chi connectivity index (χ4v) is 5.16. The number of rotatable bonds is 8. The van der Waals surface area contributed by atoms with E-state index in [0.717, 1.165) is 18.0 Å². The molecule has 3 saturated carbocycles. The Kier molecular flexibility index (Phi) is 5.08. The zero-order valence-electron chi connectivity index (χ0n) is 17.3. The van der Waals surface area contributed by atoms with Gasteiger partial charge in [-0.15, -0.1) is 0 Å². The largest absolute Gasteiger partial charge is 0.484 e. The quantitative estimate of drug-likeness (QED) is 0.484. The molecule has 0 radical (unpaired) electrons. The second-order valence-corrected chi connectivity index (χ2v) is 9.28. The number of hydrogen-bond donors (Lipinski definition) is 3. The van der Waals surface area contributed by atoms with E-state index in [-0.39, 0.29) is 40.1 Å². The fraction of sp³-hybridized carbons (Fsp3) is 0.333. The molecule has 3 aromatic rings. The molecule has 2 amide bonds. The Bertz CT molecular complexity index is 1190. The first-order valence-electron chi connectivity index (χ1n) is 10.6. The Balaban J connectivity index is 1.05. The van der Waals surface area contributed by atoms with Crippen LogP contribution in [-0.4, -0.2) is 35.5 Å². The highest BCUT2D eigenvalue weighted by Crippen LogP contribution is 2.67. The van der Waals surface area contributed by atoms with Crippen LogP contribution >= 0.6 is 11.6 Å². The Morgan fingerprint density at radius 1 is 1.16 bits per heavy atom. The van der Waals surface area contributed by atoms with Crippen molar-refractivity contribution >= 4 is 34.3 Å². The summed E-state index contributed by atoms with van der Waals surface area (Å²) in [6.45, 7) is 0.361. The zero-order chi connectivity index (χ0) is 22.3. The number of benzene rings is 2. The predicted molar refractivity (Wildman–Crippen MR) is 119 cm³/mol. The maximum atomic E-state index is 13.4. The highest BCUT2D eigenvalue weighted by atomic mass is 35.5. The first-order chi connectivity index (χ1) is 15.4. The van der Waals surface area contributed by atoms with E-state index in [1.807, 2.05) is 24.4 Å². The van der Waals surface area contributed by atoms with Crippen molar-refractivity contribution in [2.75, 3.05) is 13.2 Å². The summed E-state index contributed by atoms with van der Waals surface area (Å²) in [7, 11) is 0. The predicted octanol–water partition coefficient (Wildman–Crippen LogP) is 3.74. The minimum Gasteiger partial charge on any atom is -0.484 e. The standard InChI is InChI=1S/C24H23ClFN3O3/c25-18-6-5-16(9-19(18)26)32-11-21(30)29-24-12-23(13-24,14-24)22(31)27-8-7-15-10-28-20-4-2-1-3-17(15)20/h1-6,9-10,28H,7-8,11-14H2,(H,27,31)(H,29,30). The molecular weight excluding hydrogens is 433 g/mol. The van der Waals surface area contributed by atoms with Crippen molar-refractivity contribution in [3.05, 3.63) is 65.1 Å². The molecule has 3 N–H and O–H groups in total. The Labute approximate surface area is 189 Å². The lowest BCUT2D eigenvalue weighted by atomic mass is 9.39. The van der Waals surface area contributed by atoms with Crippen molar-refractivity contribution in [1.29, 1.82) is 0 Å². The molecule has 166 valence electrons. The van der Waals surface area contributed by atoms with Crippen LogP contribution in [0.5, 0.6) is 5.75 Å². The highest BCUT2D eigenvalue weighted by Gasteiger charge is 2.72. The topological polar surface area (TPSA) is 83.2 Å². The van der Waals surface area contributed by atoms with Crippen LogP contribution in [0.15, 0.2) is 48.7 Å². The highest BCUT2D eigenvalue weighted by molar-refractivity contribution is 6.30. The summed E-state index contributed by atoms with van der Waals surface area (Å²) in [6.07, 6.45) is 4.67. The molecule has 0 saturated heterocycles. The number of aromatic nitrogens is 1. The molecule has 2 aromatic carbocycles. The molecule has 1 heterocycles. The molecule has 1 aromatic heterocycles. The molecule has 8 heteroatoms. The lowest BCUT2D eigenvalue weighted by Crippen LogP contribution is -2.78. The summed E-state index contributed by atoms with van der Waals surface area (Å²) < 4.78 is 18.8. The third-order valence-corrected chi connectivity index (χ3v) is 6.84. The molecule has 32 heavy (non-hydrogen) atoms. The average Bonchev–Trinajstić information content (AvgIpc) is 3.13. The number of H-pyrrole nitrogens is 1. The number of ether oxygens (including phenoxy) is 1. The van der Waals surface area contributed by atoms with Crippen LogP contribution in [0.25, 0.3) is 10.9 Å². The number of hydrogen-bond acceptors (Lipinski definition) is 3. The van der Waals surface area contributed by atoms with Crippen LogP contribution in [0.3, 0.4) is 0 Å². The summed E-state index contributed by atoms with van der Waals surface area (Å²) in [5, 5.41) is 7.20. The number of fused-ring (bicyclic) bond motifs is 1. The maximum absolute atomic E-state index is 13.4. The van der Waals surface area contributed by atoms with Crippen molar-refractivity contribution in [3.8, 4) is 5.75 Å². The number of amides is 2. The second-order valence-electron chi connectivity index (χ2n) is 8.87. The minimum absolute atomic E-state index is 0.000642. The summed E-state index contributed by atoms with van der Waals surface area (Å²) in [4.78, 5) is 28.1. The zero-order valence-corrected chi connectivity index (χ0v) is 18.1. The van der Waals surface area contributed by atoms with E-state index >= 15 is 0 Å². The van der Waals surface area contributed by atoms with Crippen molar-refractivity contribution in [1.82, 2.24) is 15.6 Å². The van der Waals surface area contributed by atoms with E-state index in [1.54, 1.807) is 0 Å². The molecule has 6 nitrogen and oxygen atoms in total. The van der Waals surface area contributed by atoms with Gasteiger partial charge in [-0.2, -0.15) is 0 Å². The first-order valence-corrected chi connectivity index (χ1v) is 11.0. The van der Waals surface area contributed by atoms with E-state index in [9.17, 15) is 14.0 Å². The minimum atomic E-state index is -0.596. The van der Waals surface area contributed by atoms with Crippen molar-refractivity contribution in [3.63, 3.8) is 0 Å². The Morgan fingerprint density at radius 3 is 2.72 bits per heavy atom. The molecule has 2 bridgehead atoms. The third-order valence-electron chi connectivity index (χ3n) is 6.53. The van der Waals surface area contributed by atoms with E-state index in [4.69, 9.17) is 16.3 Å². The van der Waals surface area contributed by atoms with Crippen LogP contribution in [0.1, 0.15) is 24.8 Å². The molecule has 3 fully saturated rings. The number of halogens is 2. The van der Waals surface area contributed by atoms with E-state index < -0.39 is 5.82 Å². The van der Waals surface area contributed by atoms with Gasteiger partial charge in [0.05, 0.1) is 10.4 Å². The van der Waals surface area contributed by atoms with Gasteiger partial charge in [-0.1, -0.05) is 29.8 Å².